The Kier molecular flexibility index (Phi) is 4.07. The van der Waals surface area contributed by atoms with Crippen molar-refractivity contribution in [1.29, 1.82) is 0 Å². The van der Waals surface area contributed by atoms with E-state index in [0.29, 0.717) is 18.9 Å². The lowest BCUT2D eigenvalue weighted by Crippen LogP contribution is -2.49. The van der Waals surface area contributed by atoms with Gasteiger partial charge in [-0.2, -0.15) is 5.10 Å². The summed E-state index contributed by atoms with van der Waals surface area (Å²) in [7, 11) is 1.84. The van der Waals surface area contributed by atoms with Crippen molar-refractivity contribution >= 4 is 34.0 Å². The molecule has 0 aliphatic carbocycles. The first-order valence-corrected chi connectivity index (χ1v) is 7.93. The Hall–Kier alpha value is -1.67. The Balaban J connectivity index is 1.66. The van der Waals surface area contributed by atoms with Gasteiger partial charge in [0.25, 0.3) is 0 Å². The number of anilines is 1. The van der Waals surface area contributed by atoms with Gasteiger partial charge >= 0.3 is 0 Å². The maximum atomic E-state index is 11.5. The normalized spacial score (nSPS) is 15.5. The second-order valence-corrected chi connectivity index (χ2v) is 6.03. The van der Waals surface area contributed by atoms with Gasteiger partial charge in [0.2, 0.25) is 5.91 Å². The molecule has 0 aromatic carbocycles. The molecule has 1 amide bonds. The van der Waals surface area contributed by atoms with Gasteiger partial charge in [-0.1, -0.05) is 11.3 Å². The number of alkyl halides is 1. The van der Waals surface area contributed by atoms with E-state index < -0.39 is 0 Å². The van der Waals surface area contributed by atoms with Gasteiger partial charge in [-0.15, -0.1) is 11.6 Å². The fourth-order valence-electron chi connectivity index (χ4n) is 2.20. The van der Waals surface area contributed by atoms with Crippen LogP contribution >= 0.6 is 22.9 Å². The van der Waals surface area contributed by atoms with Gasteiger partial charge in [-0.25, -0.2) is 9.97 Å². The zero-order valence-electron chi connectivity index (χ0n) is 11.6. The van der Waals surface area contributed by atoms with Crippen molar-refractivity contribution in [3.63, 3.8) is 0 Å². The Labute approximate surface area is 131 Å². The molecule has 7 nitrogen and oxygen atoms in total. The van der Waals surface area contributed by atoms with E-state index in [4.69, 9.17) is 11.6 Å². The minimum Gasteiger partial charge on any atom is -0.345 e. The lowest BCUT2D eigenvalue weighted by atomic mass is 10.3. The highest BCUT2D eigenvalue weighted by atomic mass is 35.5. The van der Waals surface area contributed by atoms with Crippen LogP contribution < -0.4 is 4.90 Å². The van der Waals surface area contributed by atoms with Crippen LogP contribution in [0.2, 0.25) is 0 Å². The summed E-state index contributed by atoms with van der Waals surface area (Å²) >= 11 is 7.15. The average molecular weight is 327 g/mol. The molecule has 1 fully saturated rings. The first kappa shape index (κ1) is 14.3. The number of carbonyl (C=O) groups excluding carboxylic acids is 1. The Morgan fingerprint density at radius 3 is 2.71 bits per heavy atom. The highest BCUT2D eigenvalue weighted by Gasteiger charge is 2.22. The molecule has 0 bridgehead atoms. The van der Waals surface area contributed by atoms with Crippen molar-refractivity contribution < 1.29 is 4.79 Å². The fourth-order valence-corrected chi connectivity index (χ4v) is 3.27. The standard InChI is InChI=1S/C12H15ClN6OS/c1-17-8-15-11(16-17)9-7-14-12(21-9)19-4-2-18(3-5-19)10(20)6-13/h7-8H,2-6H2,1H3. The summed E-state index contributed by atoms with van der Waals surface area (Å²) in [6.07, 6.45) is 3.47. The van der Waals surface area contributed by atoms with Crippen molar-refractivity contribution in [2.24, 2.45) is 7.05 Å². The molecule has 0 saturated carbocycles. The van der Waals surface area contributed by atoms with Gasteiger partial charge in [0, 0.05) is 33.2 Å². The summed E-state index contributed by atoms with van der Waals surface area (Å²) in [5.74, 6) is 0.735. The van der Waals surface area contributed by atoms with Gasteiger partial charge in [-0.3, -0.25) is 9.48 Å². The molecule has 3 rings (SSSR count). The molecule has 0 N–H and O–H groups in total. The van der Waals surface area contributed by atoms with Crippen molar-refractivity contribution in [1.82, 2.24) is 24.6 Å². The number of carbonyl (C=O) groups is 1. The second kappa shape index (κ2) is 5.98. The number of aryl methyl sites for hydroxylation is 1. The molecule has 2 aromatic rings. The van der Waals surface area contributed by atoms with Crippen molar-refractivity contribution in [3.05, 3.63) is 12.5 Å². The molecule has 0 atom stereocenters. The minimum absolute atomic E-state index is 0.00571. The van der Waals surface area contributed by atoms with E-state index in [0.717, 1.165) is 23.1 Å². The number of halogens is 1. The molecule has 3 heterocycles. The predicted octanol–water partition coefficient (Wildman–Crippen LogP) is 0.826. The Morgan fingerprint density at radius 2 is 2.10 bits per heavy atom. The van der Waals surface area contributed by atoms with Crippen LogP contribution in [0.25, 0.3) is 10.7 Å². The number of hydrogen-bond acceptors (Lipinski definition) is 6. The Bertz CT molecular complexity index is 633. The largest absolute Gasteiger partial charge is 0.345 e. The number of nitrogens with zero attached hydrogens (tertiary/aromatic N) is 6. The molecule has 0 unspecified atom stereocenters. The van der Waals surface area contributed by atoms with E-state index in [1.807, 2.05) is 7.05 Å². The summed E-state index contributed by atoms with van der Waals surface area (Å²) in [6.45, 7) is 2.90. The molecule has 1 aliphatic heterocycles. The third-order valence-electron chi connectivity index (χ3n) is 3.33. The van der Waals surface area contributed by atoms with Crippen molar-refractivity contribution in [3.8, 4) is 10.7 Å². The lowest BCUT2D eigenvalue weighted by molar-refractivity contribution is -0.128. The van der Waals surface area contributed by atoms with Gasteiger partial charge in [0.15, 0.2) is 11.0 Å². The number of hydrogen-bond donors (Lipinski definition) is 0. The third-order valence-corrected chi connectivity index (χ3v) is 4.61. The molecular weight excluding hydrogens is 312 g/mol. The fraction of sp³-hybridized carbons (Fsp3) is 0.500. The summed E-state index contributed by atoms with van der Waals surface area (Å²) < 4.78 is 1.67. The molecule has 1 saturated heterocycles. The minimum atomic E-state index is -0.00571. The summed E-state index contributed by atoms with van der Waals surface area (Å²) in [6, 6.07) is 0. The monoisotopic (exact) mass is 326 g/mol. The highest BCUT2D eigenvalue weighted by Crippen LogP contribution is 2.29. The van der Waals surface area contributed by atoms with E-state index >= 15 is 0 Å². The summed E-state index contributed by atoms with van der Waals surface area (Å²) in [5, 5.41) is 5.22. The number of rotatable bonds is 3. The van der Waals surface area contributed by atoms with Crippen LogP contribution in [-0.2, 0) is 11.8 Å². The van der Waals surface area contributed by atoms with Crippen molar-refractivity contribution in [2.75, 3.05) is 37.0 Å². The lowest BCUT2D eigenvalue weighted by Gasteiger charge is -2.34. The molecule has 2 aromatic heterocycles. The second-order valence-electron chi connectivity index (χ2n) is 4.75. The van der Waals surface area contributed by atoms with Crippen LogP contribution in [0.4, 0.5) is 5.13 Å². The van der Waals surface area contributed by atoms with Crippen LogP contribution in [0.1, 0.15) is 0 Å². The van der Waals surface area contributed by atoms with E-state index in [1.165, 1.54) is 0 Å². The van der Waals surface area contributed by atoms with Crippen LogP contribution in [0, 0.1) is 0 Å². The Morgan fingerprint density at radius 1 is 1.33 bits per heavy atom. The van der Waals surface area contributed by atoms with Gasteiger partial charge < -0.3 is 9.80 Å². The molecule has 0 radical (unpaired) electrons. The van der Waals surface area contributed by atoms with Crippen LogP contribution in [0.3, 0.4) is 0 Å². The van der Waals surface area contributed by atoms with E-state index in [-0.39, 0.29) is 11.8 Å². The molecule has 21 heavy (non-hydrogen) atoms. The molecular formula is C12H15ClN6OS. The zero-order chi connectivity index (χ0) is 14.8. The van der Waals surface area contributed by atoms with Crippen LogP contribution in [-0.4, -0.2) is 62.6 Å². The molecule has 0 spiro atoms. The number of amides is 1. The predicted molar refractivity (Wildman–Crippen MR) is 81.6 cm³/mol. The van der Waals surface area contributed by atoms with E-state index in [9.17, 15) is 4.79 Å². The SMILES string of the molecule is Cn1cnc(-c2cnc(N3CCN(C(=O)CCl)CC3)s2)n1. The van der Waals surface area contributed by atoms with Gasteiger partial charge in [0.1, 0.15) is 12.2 Å². The number of piperazine rings is 1. The average Bonchev–Trinajstić information content (AvgIpc) is 3.15. The van der Waals surface area contributed by atoms with Gasteiger partial charge in [-0.05, 0) is 0 Å². The van der Waals surface area contributed by atoms with E-state index in [2.05, 4.69) is 20.0 Å². The first-order chi connectivity index (χ1) is 10.2. The molecule has 112 valence electrons. The molecule has 9 heteroatoms. The number of thiazole rings is 1. The van der Waals surface area contributed by atoms with Gasteiger partial charge in [0.05, 0.1) is 11.1 Å². The van der Waals surface area contributed by atoms with Crippen LogP contribution in [0.15, 0.2) is 12.5 Å². The smallest absolute Gasteiger partial charge is 0.237 e. The zero-order valence-corrected chi connectivity index (χ0v) is 13.1. The van der Waals surface area contributed by atoms with E-state index in [1.54, 1.807) is 33.4 Å². The summed E-state index contributed by atoms with van der Waals surface area (Å²) in [5.41, 5.74) is 0. The van der Waals surface area contributed by atoms with Crippen LogP contribution in [0.5, 0.6) is 0 Å². The highest BCUT2D eigenvalue weighted by molar-refractivity contribution is 7.18. The third kappa shape index (κ3) is 3.01. The molecule has 1 aliphatic rings. The maximum absolute atomic E-state index is 11.5. The topological polar surface area (TPSA) is 67.2 Å². The quantitative estimate of drug-likeness (QED) is 0.781. The maximum Gasteiger partial charge on any atom is 0.237 e. The first-order valence-electron chi connectivity index (χ1n) is 6.58. The number of aromatic nitrogens is 4. The van der Waals surface area contributed by atoms with Crippen molar-refractivity contribution in [2.45, 2.75) is 0 Å². The summed E-state index contributed by atoms with van der Waals surface area (Å²) in [4.78, 5) is 25.1.